The molecule has 7 nitrogen and oxygen atoms in total. The second kappa shape index (κ2) is 7.84. The Balaban J connectivity index is 1.65. The summed E-state index contributed by atoms with van der Waals surface area (Å²) in [6, 6.07) is 7.93. The number of ether oxygens (including phenoxy) is 1. The van der Waals surface area contributed by atoms with E-state index in [0.717, 1.165) is 43.7 Å². The zero-order valence-corrected chi connectivity index (χ0v) is 14.9. The molecule has 1 saturated heterocycles. The monoisotopic (exact) mass is 346 g/mol. The zero-order valence-electron chi connectivity index (χ0n) is 14.9. The number of aliphatic hydroxyl groups is 1. The smallest absolute Gasteiger partial charge is 0.315 e. The molecule has 25 heavy (non-hydrogen) atoms. The van der Waals surface area contributed by atoms with Crippen molar-refractivity contribution < 1.29 is 14.3 Å². The predicted octanol–water partition coefficient (Wildman–Crippen LogP) is 2.39. The molecular weight excluding hydrogens is 320 g/mol. The number of nitrogens with zero attached hydrogens (tertiary/aromatic N) is 3. The van der Waals surface area contributed by atoms with Gasteiger partial charge in [-0.05, 0) is 38.4 Å². The lowest BCUT2D eigenvalue weighted by atomic mass is 9.92. The van der Waals surface area contributed by atoms with Crippen molar-refractivity contribution in [3.05, 3.63) is 24.3 Å². The largest absolute Gasteiger partial charge is 0.493 e. The van der Waals surface area contributed by atoms with E-state index in [1.807, 2.05) is 24.3 Å². The van der Waals surface area contributed by atoms with Crippen LogP contribution in [-0.4, -0.2) is 59.1 Å². The molecule has 136 valence electrons. The lowest BCUT2D eigenvalue weighted by Gasteiger charge is -2.36. The molecule has 0 saturated carbocycles. The van der Waals surface area contributed by atoms with Gasteiger partial charge in [-0.25, -0.2) is 0 Å². The summed E-state index contributed by atoms with van der Waals surface area (Å²) in [5, 5.41) is 21.8. The maximum atomic E-state index is 10.6. The number of rotatable bonds is 7. The molecule has 0 bridgehead atoms. The number of aromatic nitrogens is 2. The molecule has 2 aromatic rings. The van der Waals surface area contributed by atoms with Gasteiger partial charge in [0.15, 0.2) is 0 Å². The Morgan fingerprint density at radius 2 is 2.04 bits per heavy atom. The summed E-state index contributed by atoms with van der Waals surface area (Å²) in [6.07, 6.45) is 2.38. The van der Waals surface area contributed by atoms with Crippen LogP contribution in [-0.2, 0) is 0 Å². The van der Waals surface area contributed by atoms with Gasteiger partial charge in [0.25, 0.3) is 5.89 Å². The number of anilines is 1. The van der Waals surface area contributed by atoms with E-state index < -0.39 is 5.60 Å². The molecular formula is C18H26N4O3. The second-order valence-electron chi connectivity index (χ2n) is 6.64. The van der Waals surface area contributed by atoms with Gasteiger partial charge < -0.3 is 24.5 Å². The molecule has 1 aromatic heterocycles. The summed E-state index contributed by atoms with van der Waals surface area (Å²) in [7, 11) is 2.06. The summed E-state index contributed by atoms with van der Waals surface area (Å²) in [5.41, 5.74) is 0.0398. The lowest BCUT2D eigenvalue weighted by molar-refractivity contribution is -0.00439. The van der Waals surface area contributed by atoms with Crippen LogP contribution < -0.4 is 10.1 Å². The van der Waals surface area contributed by atoms with Crippen molar-refractivity contribution in [2.24, 2.45) is 0 Å². The van der Waals surface area contributed by atoms with Gasteiger partial charge in [-0.3, -0.25) is 0 Å². The SMILES string of the molecule is CCCOc1ccccc1-c1nnc(NCC2(O)CCN(C)CC2)o1. The Morgan fingerprint density at radius 1 is 1.28 bits per heavy atom. The van der Waals surface area contributed by atoms with Crippen LogP contribution in [0.15, 0.2) is 28.7 Å². The van der Waals surface area contributed by atoms with Crippen molar-refractivity contribution in [3.8, 4) is 17.2 Å². The van der Waals surface area contributed by atoms with Gasteiger partial charge in [-0.15, -0.1) is 5.10 Å². The fourth-order valence-corrected chi connectivity index (χ4v) is 2.84. The average Bonchev–Trinajstić information content (AvgIpc) is 3.10. The summed E-state index contributed by atoms with van der Waals surface area (Å²) in [6.45, 7) is 4.87. The van der Waals surface area contributed by atoms with Crippen LogP contribution in [0.1, 0.15) is 26.2 Å². The number of hydrogen-bond acceptors (Lipinski definition) is 7. The molecule has 1 aromatic carbocycles. The number of benzene rings is 1. The van der Waals surface area contributed by atoms with Gasteiger partial charge in [0.05, 0.1) is 17.8 Å². The molecule has 1 aliphatic rings. The maximum Gasteiger partial charge on any atom is 0.315 e. The zero-order chi connectivity index (χ0) is 17.7. The molecule has 1 fully saturated rings. The third-order valence-corrected chi connectivity index (χ3v) is 4.49. The molecule has 7 heteroatoms. The highest BCUT2D eigenvalue weighted by molar-refractivity contribution is 5.62. The molecule has 0 spiro atoms. The minimum Gasteiger partial charge on any atom is -0.493 e. The molecule has 1 aliphatic heterocycles. The highest BCUT2D eigenvalue weighted by Crippen LogP contribution is 2.30. The molecule has 0 atom stereocenters. The van der Waals surface area contributed by atoms with Crippen molar-refractivity contribution >= 4 is 6.01 Å². The van der Waals surface area contributed by atoms with Gasteiger partial charge in [0, 0.05) is 19.6 Å². The summed E-state index contributed by atoms with van der Waals surface area (Å²) in [4.78, 5) is 2.21. The lowest BCUT2D eigenvalue weighted by Crippen LogP contribution is -2.47. The first kappa shape index (κ1) is 17.7. The first-order valence-corrected chi connectivity index (χ1v) is 8.80. The highest BCUT2D eigenvalue weighted by atomic mass is 16.5. The fourth-order valence-electron chi connectivity index (χ4n) is 2.84. The van der Waals surface area contributed by atoms with Crippen molar-refractivity contribution in [3.63, 3.8) is 0 Å². The first-order chi connectivity index (χ1) is 12.1. The van der Waals surface area contributed by atoms with Gasteiger partial charge in [-0.1, -0.05) is 24.2 Å². The van der Waals surface area contributed by atoms with Gasteiger partial charge in [-0.2, -0.15) is 0 Å². The van der Waals surface area contributed by atoms with E-state index in [1.54, 1.807) is 0 Å². The number of para-hydroxylation sites is 1. The topological polar surface area (TPSA) is 83.7 Å². The van der Waals surface area contributed by atoms with E-state index in [1.165, 1.54) is 0 Å². The third kappa shape index (κ3) is 4.49. The van der Waals surface area contributed by atoms with Gasteiger partial charge >= 0.3 is 6.01 Å². The molecule has 2 heterocycles. The molecule has 0 unspecified atom stereocenters. The third-order valence-electron chi connectivity index (χ3n) is 4.49. The van der Waals surface area contributed by atoms with Crippen molar-refractivity contribution in [1.82, 2.24) is 15.1 Å². The van der Waals surface area contributed by atoms with E-state index in [-0.39, 0.29) is 0 Å². The van der Waals surface area contributed by atoms with Crippen LogP contribution in [0.2, 0.25) is 0 Å². The maximum absolute atomic E-state index is 10.6. The quantitative estimate of drug-likeness (QED) is 0.796. The molecule has 0 amide bonds. The second-order valence-corrected chi connectivity index (χ2v) is 6.64. The van der Waals surface area contributed by atoms with Crippen LogP contribution in [0.3, 0.4) is 0 Å². The Hall–Kier alpha value is -2.12. The first-order valence-electron chi connectivity index (χ1n) is 8.80. The highest BCUT2D eigenvalue weighted by Gasteiger charge is 2.31. The van der Waals surface area contributed by atoms with Crippen LogP contribution in [0, 0.1) is 0 Å². The van der Waals surface area contributed by atoms with E-state index in [2.05, 4.69) is 34.4 Å². The summed E-state index contributed by atoms with van der Waals surface area (Å²) >= 11 is 0. The van der Waals surface area contributed by atoms with Crippen LogP contribution in [0.25, 0.3) is 11.5 Å². The van der Waals surface area contributed by atoms with E-state index in [0.29, 0.717) is 25.1 Å². The normalized spacial score (nSPS) is 17.4. The standard InChI is InChI=1S/C18H26N4O3/c1-3-12-24-15-7-5-4-6-14(15)16-20-21-17(25-16)19-13-18(23)8-10-22(2)11-9-18/h4-7,23H,3,8-13H2,1-2H3,(H,19,21). The Bertz CT molecular complexity index is 680. The number of likely N-dealkylation sites (tertiary alicyclic amines) is 1. The average molecular weight is 346 g/mol. The van der Waals surface area contributed by atoms with Crippen molar-refractivity contribution in [1.29, 1.82) is 0 Å². The van der Waals surface area contributed by atoms with Crippen LogP contribution in [0.5, 0.6) is 5.75 Å². The van der Waals surface area contributed by atoms with Crippen molar-refractivity contribution in [2.45, 2.75) is 31.8 Å². The Morgan fingerprint density at radius 3 is 2.80 bits per heavy atom. The van der Waals surface area contributed by atoms with Crippen molar-refractivity contribution in [2.75, 3.05) is 38.6 Å². The summed E-state index contributed by atoms with van der Waals surface area (Å²) < 4.78 is 11.5. The Kier molecular flexibility index (Phi) is 5.55. The van der Waals surface area contributed by atoms with E-state index in [9.17, 15) is 5.11 Å². The molecule has 2 N–H and O–H groups in total. The molecule has 3 rings (SSSR count). The fraction of sp³-hybridized carbons (Fsp3) is 0.556. The number of nitrogens with one attached hydrogen (secondary N) is 1. The van der Waals surface area contributed by atoms with Gasteiger partial charge in [0.2, 0.25) is 0 Å². The number of piperidine rings is 1. The molecule has 0 radical (unpaired) electrons. The predicted molar refractivity (Wildman–Crippen MR) is 95.7 cm³/mol. The van der Waals surface area contributed by atoms with E-state index >= 15 is 0 Å². The van der Waals surface area contributed by atoms with Crippen LogP contribution in [0.4, 0.5) is 6.01 Å². The van der Waals surface area contributed by atoms with Gasteiger partial charge in [0.1, 0.15) is 5.75 Å². The minimum atomic E-state index is -0.733. The number of hydrogen-bond donors (Lipinski definition) is 2. The van der Waals surface area contributed by atoms with Crippen LogP contribution >= 0.6 is 0 Å². The molecule has 0 aliphatic carbocycles. The summed E-state index contributed by atoms with van der Waals surface area (Å²) in [5.74, 6) is 1.14. The van der Waals surface area contributed by atoms with E-state index in [4.69, 9.17) is 9.15 Å². The Labute approximate surface area is 148 Å². The minimum absolute atomic E-state index is 0.313.